The van der Waals surface area contributed by atoms with Gasteiger partial charge in [0.15, 0.2) is 5.41 Å². The Bertz CT molecular complexity index is 449. The van der Waals surface area contributed by atoms with Gasteiger partial charge in [0, 0.05) is 5.92 Å². The minimum absolute atomic E-state index is 0.181. The zero-order chi connectivity index (χ0) is 12.3. The van der Waals surface area contributed by atoms with Crippen LogP contribution in [0.2, 0.25) is 0 Å². The zero-order valence-electron chi connectivity index (χ0n) is 9.60. The number of nitrogens with zero attached hydrogens (tertiary/aromatic N) is 1. The van der Waals surface area contributed by atoms with Crippen LogP contribution < -0.4 is 0 Å². The van der Waals surface area contributed by atoms with Gasteiger partial charge in [0.05, 0.1) is 6.07 Å². The molecule has 0 radical (unpaired) electrons. The fraction of sp³-hybridized carbons (Fsp3) is 0.429. The summed E-state index contributed by atoms with van der Waals surface area (Å²) in [6, 6.07) is 11.6. The molecule has 0 heterocycles. The third-order valence-corrected chi connectivity index (χ3v) is 3.69. The molecule has 0 aromatic heterocycles. The highest BCUT2D eigenvalue weighted by atomic mass is 16.4. The topological polar surface area (TPSA) is 61.1 Å². The minimum atomic E-state index is -1.24. The Morgan fingerprint density at radius 3 is 2.65 bits per heavy atom. The first-order valence-corrected chi connectivity index (χ1v) is 5.90. The molecule has 3 nitrogen and oxygen atoms in total. The summed E-state index contributed by atoms with van der Waals surface area (Å²) >= 11 is 0. The summed E-state index contributed by atoms with van der Waals surface area (Å²) in [7, 11) is 0. The molecule has 2 atom stereocenters. The third kappa shape index (κ3) is 1.91. The van der Waals surface area contributed by atoms with Gasteiger partial charge in [0.2, 0.25) is 0 Å². The van der Waals surface area contributed by atoms with Crippen LogP contribution in [0.25, 0.3) is 0 Å². The van der Waals surface area contributed by atoms with E-state index in [9.17, 15) is 15.2 Å². The summed E-state index contributed by atoms with van der Waals surface area (Å²) in [6.07, 6.45) is 3.06. The lowest BCUT2D eigenvalue weighted by atomic mass is 9.64. The van der Waals surface area contributed by atoms with E-state index in [4.69, 9.17) is 0 Å². The molecule has 1 aromatic rings. The van der Waals surface area contributed by atoms with E-state index < -0.39 is 11.4 Å². The van der Waals surface area contributed by atoms with Crippen molar-refractivity contribution >= 4 is 5.97 Å². The second-order valence-corrected chi connectivity index (χ2v) is 4.60. The van der Waals surface area contributed by atoms with Crippen LogP contribution in [0, 0.1) is 16.7 Å². The van der Waals surface area contributed by atoms with E-state index in [1.165, 1.54) is 0 Å². The highest BCUT2D eigenvalue weighted by Gasteiger charge is 2.48. The summed E-state index contributed by atoms with van der Waals surface area (Å²) < 4.78 is 0. The number of hydrogen-bond acceptors (Lipinski definition) is 2. The maximum Gasteiger partial charge on any atom is 0.324 e. The third-order valence-electron chi connectivity index (χ3n) is 3.69. The first-order valence-electron chi connectivity index (χ1n) is 5.90. The number of carboxylic acids is 1. The molecule has 17 heavy (non-hydrogen) atoms. The van der Waals surface area contributed by atoms with Crippen LogP contribution >= 0.6 is 0 Å². The Morgan fingerprint density at radius 1 is 1.35 bits per heavy atom. The van der Waals surface area contributed by atoms with Crippen LogP contribution in [0.1, 0.15) is 37.2 Å². The fourth-order valence-corrected chi connectivity index (χ4v) is 2.75. The van der Waals surface area contributed by atoms with Crippen molar-refractivity contribution in [3.05, 3.63) is 35.9 Å². The van der Waals surface area contributed by atoms with Crippen LogP contribution in [0.3, 0.4) is 0 Å². The van der Waals surface area contributed by atoms with Gasteiger partial charge in [-0.05, 0) is 18.4 Å². The molecule has 2 rings (SSSR count). The van der Waals surface area contributed by atoms with Crippen molar-refractivity contribution in [3.8, 4) is 6.07 Å². The van der Waals surface area contributed by atoms with E-state index >= 15 is 0 Å². The number of carboxylic acid groups (broad SMARTS) is 1. The molecule has 1 saturated carbocycles. The molecule has 88 valence electrons. The predicted molar refractivity (Wildman–Crippen MR) is 63.3 cm³/mol. The Kier molecular flexibility index (Phi) is 3.14. The van der Waals surface area contributed by atoms with Crippen molar-refractivity contribution in [2.45, 2.75) is 31.6 Å². The lowest BCUT2D eigenvalue weighted by Crippen LogP contribution is -2.38. The van der Waals surface area contributed by atoms with Crippen LogP contribution in [0.4, 0.5) is 0 Å². The molecule has 1 aliphatic rings. The van der Waals surface area contributed by atoms with Gasteiger partial charge in [-0.25, -0.2) is 0 Å². The van der Waals surface area contributed by atoms with Gasteiger partial charge in [-0.15, -0.1) is 0 Å². The molecule has 0 aliphatic heterocycles. The minimum Gasteiger partial charge on any atom is -0.480 e. The van der Waals surface area contributed by atoms with Crippen molar-refractivity contribution in [2.75, 3.05) is 0 Å². The van der Waals surface area contributed by atoms with Gasteiger partial charge in [0.25, 0.3) is 0 Å². The van der Waals surface area contributed by atoms with Crippen LogP contribution in [-0.4, -0.2) is 11.1 Å². The molecule has 0 spiro atoms. The standard InChI is InChI=1S/C14H15NO2/c15-10-14(13(16)17)9-5-4-8-12(14)11-6-2-1-3-7-11/h1-3,6-7,12H,4-5,8-9H2,(H,16,17)/t12-,14?/m1/s1. The van der Waals surface area contributed by atoms with Gasteiger partial charge in [-0.2, -0.15) is 5.26 Å². The molecular formula is C14H15NO2. The highest BCUT2D eigenvalue weighted by Crippen LogP contribution is 2.47. The molecule has 0 bridgehead atoms. The number of aliphatic carboxylic acids is 1. The second-order valence-electron chi connectivity index (χ2n) is 4.60. The van der Waals surface area contributed by atoms with Gasteiger partial charge < -0.3 is 5.11 Å². The van der Waals surface area contributed by atoms with E-state index in [-0.39, 0.29) is 5.92 Å². The predicted octanol–water partition coefficient (Wildman–Crippen LogP) is 2.94. The molecule has 1 aromatic carbocycles. The number of carbonyl (C=O) groups is 1. The largest absolute Gasteiger partial charge is 0.480 e. The molecule has 1 unspecified atom stereocenters. The summed E-state index contributed by atoms with van der Waals surface area (Å²) in [5.74, 6) is -1.16. The second kappa shape index (κ2) is 4.58. The number of benzene rings is 1. The Balaban J connectivity index is 2.43. The molecule has 0 amide bonds. The van der Waals surface area contributed by atoms with Crippen molar-refractivity contribution in [3.63, 3.8) is 0 Å². The molecule has 1 aliphatic carbocycles. The lowest BCUT2D eigenvalue weighted by molar-refractivity contribution is -0.148. The van der Waals surface area contributed by atoms with E-state index in [0.29, 0.717) is 6.42 Å². The smallest absolute Gasteiger partial charge is 0.324 e. The fourth-order valence-electron chi connectivity index (χ4n) is 2.75. The van der Waals surface area contributed by atoms with E-state index in [1.54, 1.807) is 0 Å². The maximum atomic E-state index is 11.5. The number of rotatable bonds is 2. The normalized spacial score (nSPS) is 28.3. The van der Waals surface area contributed by atoms with Crippen molar-refractivity contribution in [1.82, 2.24) is 0 Å². The van der Waals surface area contributed by atoms with E-state index in [2.05, 4.69) is 6.07 Å². The van der Waals surface area contributed by atoms with Crippen molar-refractivity contribution < 1.29 is 9.90 Å². The first-order chi connectivity index (χ1) is 8.20. The van der Waals surface area contributed by atoms with Crippen LogP contribution in [0.5, 0.6) is 0 Å². The first kappa shape index (κ1) is 11.7. The van der Waals surface area contributed by atoms with Gasteiger partial charge in [-0.1, -0.05) is 43.2 Å². The monoisotopic (exact) mass is 229 g/mol. The average molecular weight is 229 g/mol. The van der Waals surface area contributed by atoms with Crippen LogP contribution in [0.15, 0.2) is 30.3 Å². The average Bonchev–Trinajstić information content (AvgIpc) is 2.39. The van der Waals surface area contributed by atoms with Gasteiger partial charge >= 0.3 is 5.97 Å². The molecule has 3 heteroatoms. The molecule has 1 fully saturated rings. The number of hydrogen-bond donors (Lipinski definition) is 1. The molecule has 0 saturated heterocycles. The van der Waals surface area contributed by atoms with Crippen LogP contribution in [-0.2, 0) is 4.79 Å². The Morgan fingerprint density at radius 2 is 2.06 bits per heavy atom. The molecular weight excluding hydrogens is 214 g/mol. The summed E-state index contributed by atoms with van der Waals surface area (Å²) in [5.41, 5.74) is -0.268. The quantitative estimate of drug-likeness (QED) is 0.848. The van der Waals surface area contributed by atoms with Crippen molar-refractivity contribution in [1.29, 1.82) is 5.26 Å². The highest BCUT2D eigenvalue weighted by molar-refractivity contribution is 5.79. The lowest BCUT2D eigenvalue weighted by Gasteiger charge is -2.35. The van der Waals surface area contributed by atoms with Gasteiger partial charge in [-0.3, -0.25) is 4.79 Å². The number of nitriles is 1. The van der Waals surface area contributed by atoms with E-state index in [1.807, 2.05) is 30.3 Å². The summed E-state index contributed by atoms with van der Waals surface area (Å²) in [5, 5.41) is 18.7. The summed E-state index contributed by atoms with van der Waals surface area (Å²) in [6.45, 7) is 0. The summed E-state index contributed by atoms with van der Waals surface area (Å²) in [4.78, 5) is 11.5. The van der Waals surface area contributed by atoms with Crippen molar-refractivity contribution in [2.24, 2.45) is 5.41 Å². The Labute approximate surface area is 101 Å². The maximum absolute atomic E-state index is 11.5. The van der Waals surface area contributed by atoms with E-state index in [0.717, 1.165) is 24.8 Å². The SMILES string of the molecule is N#CC1(C(=O)O)CCCC[C@@H]1c1ccccc1. The molecule has 1 N–H and O–H groups in total. The van der Waals surface area contributed by atoms with Gasteiger partial charge in [0.1, 0.15) is 0 Å². The zero-order valence-corrected chi connectivity index (χ0v) is 9.60. The Hall–Kier alpha value is -1.82.